The number of ether oxygens (including phenoxy) is 1. The summed E-state index contributed by atoms with van der Waals surface area (Å²) in [5, 5.41) is 16.6. The van der Waals surface area contributed by atoms with Gasteiger partial charge in [0, 0.05) is 19.5 Å². The highest BCUT2D eigenvalue weighted by Crippen LogP contribution is 2.00. The largest absolute Gasteiger partial charge is 0.445 e. The minimum absolute atomic E-state index is 0. The molecule has 1 rings (SSSR count). The standard InChI is InChI=1S/C17H24N4O3.ClH/c18-9-6-11-19-10-4-5-12-20-16(22)13-21-17(23)24-14-15-7-2-1-3-8-15;/h1-3,7-8,19H,4-6,10-14H2,(H,20,22)(H,21,23);1H. The second-order valence-electron chi connectivity index (χ2n) is 5.13. The van der Waals surface area contributed by atoms with Crippen molar-refractivity contribution >= 4 is 24.4 Å². The van der Waals surface area contributed by atoms with Crippen LogP contribution in [0, 0.1) is 11.3 Å². The van der Waals surface area contributed by atoms with E-state index < -0.39 is 6.09 Å². The van der Waals surface area contributed by atoms with Crippen LogP contribution in [-0.2, 0) is 16.1 Å². The lowest BCUT2D eigenvalue weighted by Gasteiger charge is -2.08. The summed E-state index contributed by atoms with van der Waals surface area (Å²) in [5.41, 5.74) is 0.889. The van der Waals surface area contributed by atoms with Crippen molar-refractivity contribution < 1.29 is 14.3 Å². The summed E-state index contributed by atoms with van der Waals surface area (Å²) in [5.74, 6) is -0.246. The average Bonchev–Trinajstić information content (AvgIpc) is 2.61. The van der Waals surface area contributed by atoms with Crippen molar-refractivity contribution in [3.8, 4) is 6.07 Å². The van der Waals surface area contributed by atoms with Crippen LogP contribution < -0.4 is 16.0 Å². The van der Waals surface area contributed by atoms with Gasteiger partial charge in [-0.25, -0.2) is 4.79 Å². The van der Waals surface area contributed by atoms with Crippen molar-refractivity contribution in [1.29, 1.82) is 5.26 Å². The van der Waals surface area contributed by atoms with Gasteiger partial charge in [-0.3, -0.25) is 4.79 Å². The predicted octanol–water partition coefficient (Wildman–Crippen LogP) is 1.73. The molecule has 0 unspecified atom stereocenters. The van der Waals surface area contributed by atoms with Crippen molar-refractivity contribution in [1.82, 2.24) is 16.0 Å². The molecule has 0 radical (unpaired) electrons. The average molecular weight is 369 g/mol. The van der Waals surface area contributed by atoms with Crippen LogP contribution >= 0.6 is 12.4 Å². The molecule has 7 nitrogen and oxygen atoms in total. The Morgan fingerprint density at radius 1 is 1.04 bits per heavy atom. The molecule has 8 heteroatoms. The molecule has 0 saturated carbocycles. The number of hydrogen-bond donors (Lipinski definition) is 3. The van der Waals surface area contributed by atoms with Crippen molar-refractivity contribution in [2.75, 3.05) is 26.2 Å². The predicted molar refractivity (Wildman–Crippen MR) is 97.2 cm³/mol. The first kappa shape index (κ1) is 22.7. The van der Waals surface area contributed by atoms with Gasteiger partial charge in [-0.2, -0.15) is 5.26 Å². The van der Waals surface area contributed by atoms with Crippen LogP contribution in [-0.4, -0.2) is 38.2 Å². The summed E-state index contributed by atoms with van der Waals surface area (Å²) < 4.78 is 5.01. The number of amides is 2. The van der Waals surface area contributed by atoms with Gasteiger partial charge in [0.05, 0.1) is 12.6 Å². The molecule has 0 fully saturated rings. The molecular formula is C17H25ClN4O3. The Hall–Kier alpha value is -2.30. The van der Waals surface area contributed by atoms with Gasteiger partial charge in [0.1, 0.15) is 6.61 Å². The van der Waals surface area contributed by atoms with E-state index in [1.165, 1.54) is 0 Å². The van der Waals surface area contributed by atoms with Crippen molar-refractivity contribution in [2.45, 2.75) is 25.9 Å². The van der Waals surface area contributed by atoms with Gasteiger partial charge in [-0.05, 0) is 24.9 Å². The maximum atomic E-state index is 11.6. The molecule has 3 N–H and O–H groups in total. The van der Waals surface area contributed by atoms with Crippen LogP contribution in [0.3, 0.4) is 0 Å². The first-order chi connectivity index (χ1) is 11.7. The van der Waals surface area contributed by atoms with Gasteiger partial charge in [0.15, 0.2) is 0 Å². The number of carbonyl (C=O) groups excluding carboxylic acids is 2. The second-order valence-corrected chi connectivity index (χ2v) is 5.13. The summed E-state index contributed by atoms with van der Waals surface area (Å²) in [6.07, 6.45) is 1.64. The van der Waals surface area contributed by atoms with Gasteiger partial charge in [0.2, 0.25) is 5.91 Å². The van der Waals surface area contributed by atoms with Gasteiger partial charge in [-0.1, -0.05) is 30.3 Å². The van der Waals surface area contributed by atoms with Crippen LogP contribution in [0.1, 0.15) is 24.8 Å². The molecule has 0 heterocycles. The summed E-state index contributed by atoms with van der Waals surface area (Å²) in [6, 6.07) is 11.4. The monoisotopic (exact) mass is 368 g/mol. The topological polar surface area (TPSA) is 103 Å². The van der Waals surface area contributed by atoms with Crippen LogP contribution in [0.5, 0.6) is 0 Å². The van der Waals surface area contributed by atoms with Crippen LogP contribution in [0.25, 0.3) is 0 Å². The number of halogens is 1. The third-order valence-corrected chi connectivity index (χ3v) is 3.12. The fourth-order valence-electron chi connectivity index (χ4n) is 1.86. The first-order valence-electron chi connectivity index (χ1n) is 8.01. The van der Waals surface area contributed by atoms with E-state index >= 15 is 0 Å². The SMILES string of the molecule is Cl.N#CCCNCCCCNC(=O)CNC(=O)OCc1ccccc1. The van der Waals surface area contributed by atoms with Crippen molar-refractivity contribution in [2.24, 2.45) is 0 Å². The number of nitrogens with one attached hydrogen (secondary N) is 3. The molecule has 25 heavy (non-hydrogen) atoms. The number of carbonyl (C=O) groups is 2. The second kappa shape index (κ2) is 15.2. The van der Waals surface area contributed by atoms with E-state index in [0.717, 1.165) is 24.9 Å². The molecule has 1 aromatic rings. The smallest absolute Gasteiger partial charge is 0.407 e. The molecule has 1 aromatic carbocycles. The quantitative estimate of drug-likeness (QED) is 0.516. The molecule has 2 amide bonds. The zero-order valence-electron chi connectivity index (χ0n) is 14.1. The Labute approximate surface area is 154 Å². The Bertz CT molecular complexity index is 534. The first-order valence-corrected chi connectivity index (χ1v) is 8.01. The molecule has 0 aliphatic heterocycles. The van der Waals surface area contributed by atoms with Crippen molar-refractivity contribution in [3.05, 3.63) is 35.9 Å². The fraction of sp³-hybridized carbons (Fsp3) is 0.471. The van der Waals surface area contributed by atoms with E-state index in [1.54, 1.807) is 0 Å². The lowest BCUT2D eigenvalue weighted by molar-refractivity contribution is -0.120. The third-order valence-electron chi connectivity index (χ3n) is 3.12. The number of hydrogen-bond acceptors (Lipinski definition) is 5. The Morgan fingerprint density at radius 2 is 1.76 bits per heavy atom. The fourth-order valence-corrected chi connectivity index (χ4v) is 1.86. The van der Waals surface area contributed by atoms with Gasteiger partial charge < -0.3 is 20.7 Å². The van der Waals surface area contributed by atoms with Gasteiger partial charge in [-0.15, -0.1) is 12.4 Å². The van der Waals surface area contributed by atoms with Crippen LogP contribution in [0.2, 0.25) is 0 Å². The lowest BCUT2D eigenvalue weighted by Crippen LogP contribution is -2.37. The highest BCUT2D eigenvalue weighted by Gasteiger charge is 2.06. The van der Waals surface area contributed by atoms with Gasteiger partial charge in [0.25, 0.3) is 0 Å². The Morgan fingerprint density at radius 3 is 2.48 bits per heavy atom. The molecule has 0 aromatic heterocycles. The molecule has 0 aliphatic rings. The zero-order chi connectivity index (χ0) is 17.5. The minimum Gasteiger partial charge on any atom is -0.445 e. The Balaban J connectivity index is 0.00000576. The van der Waals surface area contributed by atoms with Crippen LogP contribution in [0.4, 0.5) is 4.79 Å². The van der Waals surface area contributed by atoms with Gasteiger partial charge >= 0.3 is 6.09 Å². The van der Waals surface area contributed by atoms with E-state index in [-0.39, 0.29) is 31.5 Å². The number of nitrogens with zero attached hydrogens (tertiary/aromatic N) is 1. The van der Waals surface area contributed by atoms with E-state index in [0.29, 0.717) is 19.5 Å². The Kier molecular flexibility index (Phi) is 13.8. The van der Waals surface area contributed by atoms with Crippen molar-refractivity contribution in [3.63, 3.8) is 0 Å². The highest BCUT2D eigenvalue weighted by atomic mass is 35.5. The number of rotatable bonds is 11. The molecule has 0 saturated heterocycles. The van der Waals surface area contributed by atoms with E-state index in [4.69, 9.17) is 10.00 Å². The molecular weight excluding hydrogens is 344 g/mol. The van der Waals surface area contributed by atoms with E-state index in [1.807, 2.05) is 30.3 Å². The minimum atomic E-state index is -0.615. The van der Waals surface area contributed by atoms with E-state index in [9.17, 15) is 9.59 Å². The molecule has 0 atom stereocenters. The number of nitriles is 1. The maximum absolute atomic E-state index is 11.6. The van der Waals surface area contributed by atoms with Crippen LogP contribution in [0.15, 0.2) is 30.3 Å². The lowest BCUT2D eigenvalue weighted by atomic mass is 10.2. The van der Waals surface area contributed by atoms with E-state index in [2.05, 4.69) is 22.0 Å². The molecule has 0 spiro atoms. The number of unbranched alkanes of at least 4 members (excludes halogenated alkanes) is 1. The third kappa shape index (κ3) is 12.8. The number of alkyl carbamates (subject to hydrolysis) is 1. The summed E-state index contributed by atoms with van der Waals surface area (Å²) in [6.45, 7) is 2.14. The summed E-state index contributed by atoms with van der Waals surface area (Å²) in [4.78, 5) is 23.0. The number of benzene rings is 1. The maximum Gasteiger partial charge on any atom is 0.407 e. The normalized spacial score (nSPS) is 9.40. The zero-order valence-corrected chi connectivity index (χ0v) is 14.9. The molecule has 0 bridgehead atoms. The molecule has 138 valence electrons. The summed E-state index contributed by atoms with van der Waals surface area (Å²) in [7, 11) is 0. The summed E-state index contributed by atoms with van der Waals surface area (Å²) >= 11 is 0. The highest BCUT2D eigenvalue weighted by molar-refractivity contribution is 5.85. The molecule has 0 aliphatic carbocycles.